The van der Waals surface area contributed by atoms with Crippen molar-refractivity contribution in [3.8, 4) is 5.75 Å². The van der Waals surface area contributed by atoms with E-state index >= 15 is 0 Å². The number of benzene rings is 1. The lowest BCUT2D eigenvalue weighted by molar-refractivity contribution is 0.415. The van der Waals surface area contributed by atoms with Gasteiger partial charge in [0, 0.05) is 17.6 Å². The van der Waals surface area contributed by atoms with Gasteiger partial charge in [-0.3, -0.25) is 0 Å². The predicted octanol–water partition coefficient (Wildman–Crippen LogP) is 2.78. The quantitative estimate of drug-likeness (QED) is 0.837. The predicted molar refractivity (Wildman–Crippen MR) is 79.7 cm³/mol. The van der Waals surface area contributed by atoms with Crippen LogP contribution in [0.2, 0.25) is 0 Å². The standard InChI is InChI=1S/C15H21N3O/c1-3-12(6-8-16)18-15-14-5-4-13(19-2)10-11(14)7-9-17-15/h4-5,7,9-10,12H,3,6,8,16H2,1-2H3,(H,17,18). The molecule has 1 aromatic carbocycles. The van der Waals surface area contributed by atoms with Crippen LogP contribution in [0.3, 0.4) is 0 Å². The lowest BCUT2D eigenvalue weighted by Gasteiger charge is -2.18. The van der Waals surface area contributed by atoms with Gasteiger partial charge in [0.1, 0.15) is 11.6 Å². The highest BCUT2D eigenvalue weighted by molar-refractivity contribution is 5.92. The zero-order valence-corrected chi connectivity index (χ0v) is 11.5. The fourth-order valence-electron chi connectivity index (χ4n) is 2.17. The summed E-state index contributed by atoms with van der Waals surface area (Å²) >= 11 is 0. The first kappa shape index (κ1) is 13.6. The smallest absolute Gasteiger partial charge is 0.134 e. The van der Waals surface area contributed by atoms with Crippen LogP contribution in [0, 0.1) is 0 Å². The Bertz CT molecular complexity index is 542. The van der Waals surface area contributed by atoms with E-state index in [1.54, 1.807) is 7.11 Å². The van der Waals surface area contributed by atoms with Gasteiger partial charge in [-0.2, -0.15) is 0 Å². The van der Waals surface area contributed by atoms with Gasteiger partial charge in [0.25, 0.3) is 0 Å². The molecular weight excluding hydrogens is 238 g/mol. The average molecular weight is 259 g/mol. The summed E-state index contributed by atoms with van der Waals surface area (Å²) in [7, 11) is 1.68. The molecule has 0 aliphatic rings. The number of pyridine rings is 1. The summed E-state index contributed by atoms with van der Waals surface area (Å²) in [6.07, 6.45) is 3.80. The summed E-state index contributed by atoms with van der Waals surface area (Å²) in [5.74, 6) is 1.78. The number of hydrogen-bond donors (Lipinski definition) is 2. The summed E-state index contributed by atoms with van der Waals surface area (Å²) in [5.41, 5.74) is 5.63. The van der Waals surface area contributed by atoms with E-state index in [0.29, 0.717) is 12.6 Å². The van der Waals surface area contributed by atoms with Crippen molar-refractivity contribution in [1.29, 1.82) is 0 Å². The molecule has 0 fully saturated rings. The van der Waals surface area contributed by atoms with Crippen molar-refractivity contribution in [3.05, 3.63) is 30.5 Å². The number of fused-ring (bicyclic) bond motifs is 1. The van der Waals surface area contributed by atoms with Crippen molar-refractivity contribution in [3.63, 3.8) is 0 Å². The third-order valence-electron chi connectivity index (χ3n) is 3.32. The van der Waals surface area contributed by atoms with E-state index in [-0.39, 0.29) is 0 Å². The Hall–Kier alpha value is -1.81. The van der Waals surface area contributed by atoms with Gasteiger partial charge in [-0.05, 0) is 49.0 Å². The van der Waals surface area contributed by atoms with Crippen molar-refractivity contribution in [2.45, 2.75) is 25.8 Å². The first-order valence-corrected chi connectivity index (χ1v) is 6.67. The van der Waals surface area contributed by atoms with Gasteiger partial charge in [-0.15, -0.1) is 0 Å². The number of aromatic nitrogens is 1. The number of nitrogens with zero attached hydrogens (tertiary/aromatic N) is 1. The van der Waals surface area contributed by atoms with Crippen LogP contribution in [0.5, 0.6) is 5.75 Å². The topological polar surface area (TPSA) is 60.2 Å². The molecule has 0 saturated carbocycles. The molecule has 1 aromatic heterocycles. The Morgan fingerprint density at radius 1 is 1.37 bits per heavy atom. The van der Waals surface area contributed by atoms with Crippen molar-refractivity contribution in [1.82, 2.24) is 4.98 Å². The molecule has 0 saturated heterocycles. The van der Waals surface area contributed by atoms with E-state index in [4.69, 9.17) is 10.5 Å². The maximum Gasteiger partial charge on any atom is 0.134 e. The molecule has 4 heteroatoms. The third kappa shape index (κ3) is 3.15. The number of hydrogen-bond acceptors (Lipinski definition) is 4. The van der Waals surface area contributed by atoms with Crippen molar-refractivity contribution in [2.24, 2.45) is 5.73 Å². The van der Waals surface area contributed by atoms with Crippen LogP contribution < -0.4 is 15.8 Å². The normalized spacial score (nSPS) is 12.4. The van der Waals surface area contributed by atoms with Gasteiger partial charge >= 0.3 is 0 Å². The fourth-order valence-corrected chi connectivity index (χ4v) is 2.17. The molecule has 19 heavy (non-hydrogen) atoms. The minimum absolute atomic E-state index is 0.366. The molecule has 3 N–H and O–H groups in total. The fraction of sp³-hybridized carbons (Fsp3) is 0.400. The molecular formula is C15H21N3O. The minimum Gasteiger partial charge on any atom is -0.497 e. The van der Waals surface area contributed by atoms with Gasteiger partial charge in [0.2, 0.25) is 0 Å². The lowest BCUT2D eigenvalue weighted by Crippen LogP contribution is -2.22. The molecule has 2 aromatic rings. The van der Waals surface area contributed by atoms with Crippen LogP contribution in [0.1, 0.15) is 19.8 Å². The highest BCUT2D eigenvalue weighted by Crippen LogP contribution is 2.26. The second-order valence-corrected chi connectivity index (χ2v) is 4.57. The number of anilines is 1. The Balaban J connectivity index is 2.32. The zero-order valence-electron chi connectivity index (χ0n) is 11.5. The van der Waals surface area contributed by atoms with E-state index in [9.17, 15) is 0 Å². The Kier molecular flexibility index (Phi) is 4.58. The Morgan fingerprint density at radius 2 is 2.21 bits per heavy atom. The molecule has 0 spiro atoms. The Morgan fingerprint density at radius 3 is 2.89 bits per heavy atom. The molecule has 1 atom stereocenters. The maximum absolute atomic E-state index is 5.63. The van der Waals surface area contributed by atoms with E-state index in [2.05, 4.69) is 17.2 Å². The molecule has 102 valence electrons. The molecule has 0 amide bonds. The number of methoxy groups -OCH3 is 1. The number of nitrogens with one attached hydrogen (secondary N) is 1. The van der Waals surface area contributed by atoms with Gasteiger partial charge < -0.3 is 15.8 Å². The van der Waals surface area contributed by atoms with Crippen LogP contribution >= 0.6 is 0 Å². The summed E-state index contributed by atoms with van der Waals surface area (Å²) in [6, 6.07) is 8.38. The summed E-state index contributed by atoms with van der Waals surface area (Å²) in [4.78, 5) is 4.44. The third-order valence-corrected chi connectivity index (χ3v) is 3.32. The summed E-state index contributed by atoms with van der Waals surface area (Å²) in [6.45, 7) is 2.84. The van der Waals surface area contributed by atoms with Crippen LogP contribution in [0.15, 0.2) is 30.5 Å². The highest BCUT2D eigenvalue weighted by Gasteiger charge is 2.09. The molecule has 0 bridgehead atoms. The van der Waals surface area contributed by atoms with Gasteiger partial charge in [-0.25, -0.2) is 4.98 Å². The second kappa shape index (κ2) is 6.38. The lowest BCUT2D eigenvalue weighted by atomic mass is 10.1. The first-order chi connectivity index (χ1) is 9.28. The van der Waals surface area contributed by atoms with Crippen molar-refractivity contribution < 1.29 is 4.74 Å². The Labute approximate surface area is 114 Å². The second-order valence-electron chi connectivity index (χ2n) is 4.57. The molecule has 0 aliphatic heterocycles. The summed E-state index contributed by atoms with van der Waals surface area (Å²) in [5, 5.41) is 5.71. The van der Waals surface area contributed by atoms with Gasteiger partial charge in [0.05, 0.1) is 7.11 Å². The molecule has 1 unspecified atom stereocenters. The van der Waals surface area contributed by atoms with Crippen LogP contribution in [-0.2, 0) is 0 Å². The SMILES string of the molecule is CCC(CCN)Nc1nccc2cc(OC)ccc12. The van der Waals surface area contributed by atoms with Gasteiger partial charge in [0.15, 0.2) is 0 Å². The van der Waals surface area contributed by atoms with E-state index in [0.717, 1.165) is 35.2 Å². The highest BCUT2D eigenvalue weighted by atomic mass is 16.5. The molecule has 1 heterocycles. The largest absolute Gasteiger partial charge is 0.497 e. The number of ether oxygens (including phenoxy) is 1. The molecule has 4 nitrogen and oxygen atoms in total. The van der Waals surface area contributed by atoms with Crippen LogP contribution in [0.25, 0.3) is 10.8 Å². The van der Waals surface area contributed by atoms with E-state index in [1.165, 1.54) is 0 Å². The minimum atomic E-state index is 0.366. The number of nitrogens with two attached hydrogens (primary N) is 1. The van der Waals surface area contributed by atoms with Gasteiger partial charge in [-0.1, -0.05) is 6.92 Å². The molecule has 2 rings (SSSR count). The number of rotatable bonds is 6. The maximum atomic E-state index is 5.63. The summed E-state index contributed by atoms with van der Waals surface area (Å²) < 4.78 is 5.25. The van der Waals surface area contributed by atoms with Crippen LogP contribution in [0.4, 0.5) is 5.82 Å². The average Bonchev–Trinajstić information content (AvgIpc) is 2.46. The molecule has 0 aliphatic carbocycles. The van der Waals surface area contributed by atoms with E-state index < -0.39 is 0 Å². The zero-order chi connectivity index (χ0) is 13.7. The van der Waals surface area contributed by atoms with Crippen molar-refractivity contribution >= 4 is 16.6 Å². The first-order valence-electron chi connectivity index (χ1n) is 6.67. The monoisotopic (exact) mass is 259 g/mol. The van der Waals surface area contributed by atoms with Crippen molar-refractivity contribution in [2.75, 3.05) is 19.0 Å². The molecule has 0 radical (unpaired) electrons. The van der Waals surface area contributed by atoms with E-state index in [1.807, 2.05) is 30.5 Å². The van der Waals surface area contributed by atoms with Crippen LogP contribution in [-0.4, -0.2) is 24.7 Å².